The molecule has 1 heteroatoms. The van der Waals surface area contributed by atoms with Crippen LogP contribution in [-0.2, 0) is 6.16 Å². The minimum atomic E-state index is -1.53. The zero-order valence-electron chi connectivity index (χ0n) is 14.2. The van der Waals surface area contributed by atoms with Crippen molar-refractivity contribution in [3.05, 3.63) is 109 Å². The van der Waals surface area contributed by atoms with Crippen LogP contribution in [0.25, 0.3) is 0 Å². The summed E-state index contributed by atoms with van der Waals surface area (Å²) in [4.78, 5) is 0. The summed E-state index contributed by atoms with van der Waals surface area (Å²) in [5.41, 5.74) is 1.42. The molecule has 120 valence electrons. The third-order valence-electron chi connectivity index (χ3n) is 4.45. The third kappa shape index (κ3) is 3.66. The summed E-state index contributed by atoms with van der Waals surface area (Å²) in [6.07, 6.45) is 6.74. The molecule has 3 aromatic rings. The number of rotatable bonds is 6. The van der Waals surface area contributed by atoms with Crippen molar-refractivity contribution in [1.29, 1.82) is 0 Å². The minimum absolute atomic E-state index is 1.10. The predicted molar refractivity (Wildman–Crippen MR) is 109 cm³/mol. The Morgan fingerprint density at radius 2 is 1.12 bits per heavy atom. The molecule has 3 aromatic carbocycles. The summed E-state index contributed by atoms with van der Waals surface area (Å²) in [6, 6.07) is 33.1. The van der Waals surface area contributed by atoms with Crippen molar-refractivity contribution in [3.8, 4) is 0 Å². The van der Waals surface area contributed by atoms with Gasteiger partial charge >= 0.3 is 0 Å². The van der Waals surface area contributed by atoms with E-state index in [9.17, 15) is 0 Å². The molecule has 0 saturated carbocycles. The van der Waals surface area contributed by atoms with Gasteiger partial charge in [0.05, 0.1) is 30.2 Å². The van der Waals surface area contributed by atoms with Crippen molar-refractivity contribution in [2.45, 2.75) is 13.1 Å². The second-order valence-electron chi connectivity index (χ2n) is 6.03. The van der Waals surface area contributed by atoms with Gasteiger partial charge in [-0.2, -0.15) is 0 Å². The zero-order valence-corrected chi connectivity index (χ0v) is 15.1. The van der Waals surface area contributed by atoms with Crippen LogP contribution in [0, 0.1) is 0 Å². The lowest BCUT2D eigenvalue weighted by atomic mass is 10.2. The van der Waals surface area contributed by atoms with Crippen LogP contribution in [0.5, 0.6) is 0 Å². The maximum atomic E-state index is 2.34. The van der Waals surface area contributed by atoms with Gasteiger partial charge in [-0.3, -0.25) is 0 Å². The van der Waals surface area contributed by atoms with Gasteiger partial charge in [-0.1, -0.05) is 78.9 Å². The Kier molecular flexibility index (Phi) is 5.62. The fraction of sp³-hybridized carbons (Fsp3) is 0.130. The molecule has 0 atom stereocenters. The zero-order chi connectivity index (χ0) is 16.7. The second kappa shape index (κ2) is 8.08. The highest BCUT2D eigenvalue weighted by Crippen LogP contribution is 2.59. The molecule has 0 fully saturated rings. The van der Waals surface area contributed by atoms with E-state index in [-0.39, 0.29) is 0 Å². The van der Waals surface area contributed by atoms with Gasteiger partial charge in [0, 0.05) is 0 Å². The lowest BCUT2D eigenvalue weighted by molar-refractivity contribution is 1.37. The Labute approximate surface area is 146 Å². The number of benzene rings is 3. The molecular weight excluding hydrogens is 307 g/mol. The van der Waals surface area contributed by atoms with Crippen molar-refractivity contribution in [1.82, 2.24) is 0 Å². The SMILES string of the molecule is C/C=C\C[P+](Cc1ccccc1)(c1ccccc1)c1ccccc1. The van der Waals surface area contributed by atoms with Crippen LogP contribution in [0.3, 0.4) is 0 Å². The lowest BCUT2D eigenvalue weighted by Crippen LogP contribution is -2.26. The molecule has 0 heterocycles. The summed E-state index contributed by atoms with van der Waals surface area (Å²) in [7, 11) is -1.53. The highest BCUT2D eigenvalue weighted by Gasteiger charge is 2.41. The molecule has 0 radical (unpaired) electrons. The van der Waals surface area contributed by atoms with Crippen molar-refractivity contribution in [2.75, 3.05) is 6.16 Å². The number of hydrogen-bond acceptors (Lipinski definition) is 0. The van der Waals surface area contributed by atoms with Crippen LogP contribution in [-0.4, -0.2) is 6.16 Å². The predicted octanol–water partition coefficient (Wildman–Crippen LogP) is 5.43. The topological polar surface area (TPSA) is 0 Å². The quantitative estimate of drug-likeness (QED) is 0.417. The largest absolute Gasteiger partial charge is 0.0998 e. The van der Waals surface area contributed by atoms with Gasteiger partial charge in [-0.25, -0.2) is 0 Å². The maximum absolute atomic E-state index is 2.34. The average molecular weight is 331 g/mol. The molecule has 0 amide bonds. The highest BCUT2D eigenvalue weighted by molar-refractivity contribution is 7.89. The summed E-state index contributed by atoms with van der Waals surface area (Å²) in [5, 5.41) is 2.97. The van der Waals surface area contributed by atoms with Crippen molar-refractivity contribution in [2.24, 2.45) is 0 Å². The normalized spacial score (nSPS) is 11.7. The minimum Gasteiger partial charge on any atom is -0.0881 e. The van der Waals surface area contributed by atoms with E-state index in [1.54, 1.807) is 0 Å². The Balaban J connectivity index is 2.16. The van der Waals surface area contributed by atoms with E-state index in [1.165, 1.54) is 16.2 Å². The second-order valence-corrected chi connectivity index (χ2v) is 9.68. The Hall–Kier alpha value is -2.17. The van der Waals surface area contributed by atoms with Gasteiger partial charge in [-0.15, -0.1) is 0 Å². The van der Waals surface area contributed by atoms with Gasteiger partial charge in [-0.05, 0) is 36.8 Å². The van der Waals surface area contributed by atoms with Crippen LogP contribution in [0.1, 0.15) is 12.5 Å². The van der Waals surface area contributed by atoms with Crippen LogP contribution >= 0.6 is 7.26 Å². The maximum Gasteiger partial charge on any atom is 0.0998 e. The van der Waals surface area contributed by atoms with E-state index >= 15 is 0 Å². The fourth-order valence-corrected chi connectivity index (χ4v) is 7.32. The molecule has 0 spiro atoms. The van der Waals surface area contributed by atoms with Crippen LogP contribution in [0.15, 0.2) is 103 Å². The Bertz CT molecular complexity index is 721. The fourth-order valence-electron chi connectivity index (χ4n) is 3.21. The molecule has 0 aromatic heterocycles. The van der Waals surface area contributed by atoms with E-state index in [1.807, 2.05) is 0 Å². The molecule has 0 bridgehead atoms. The highest BCUT2D eigenvalue weighted by atomic mass is 31.2. The van der Waals surface area contributed by atoms with Crippen LogP contribution in [0.2, 0.25) is 0 Å². The van der Waals surface area contributed by atoms with Crippen molar-refractivity contribution < 1.29 is 0 Å². The van der Waals surface area contributed by atoms with Crippen LogP contribution in [0.4, 0.5) is 0 Å². The van der Waals surface area contributed by atoms with Crippen LogP contribution < -0.4 is 10.6 Å². The van der Waals surface area contributed by atoms with Crippen molar-refractivity contribution in [3.63, 3.8) is 0 Å². The summed E-state index contributed by atoms with van der Waals surface area (Å²) in [5.74, 6) is 0. The Morgan fingerprint density at radius 1 is 0.667 bits per heavy atom. The molecular formula is C23H24P+. The van der Waals surface area contributed by atoms with Gasteiger partial charge in [0.2, 0.25) is 0 Å². The van der Waals surface area contributed by atoms with Crippen molar-refractivity contribution >= 4 is 17.9 Å². The summed E-state index contributed by atoms with van der Waals surface area (Å²) in [6.45, 7) is 2.12. The standard InChI is InChI=1S/C23H24P/c1-2-3-19-24(22-15-9-5-10-16-22,23-17-11-6-12-18-23)20-21-13-7-4-8-14-21/h2-18H,19-20H2,1H3/q+1/b3-2-. The molecule has 0 aliphatic rings. The van der Waals surface area contributed by atoms with Gasteiger partial charge < -0.3 is 0 Å². The molecule has 0 saturated heterocycles. The Morgan fingerprint density at radius 3 is 1.58 bits per heavy atom. The van der Waals surface area contributed by atoms with E-state index < -0.39 is 7.26 Å². The summed E-state index contributed by atoms with van der Waals surface area (Å²) < 4.78 is 0. The molecule has 0 unspecified atom stereocenters. The molecule has 0 N–H and O–H groups in total. The van der Waals surface area contributed by atoms with E-state index in [4.69, 9.17) is 0 Å². The molecule has 3 rings (SSSR count). The summed E-state index contributed by atoms with van der Waals surface area (Å²) >= 11 is 0. The molecule has 0 aliphatic heterocycles. The van der Waals surface area contributed by atoms with E-state index in [2.05, 4.69) is 110 Å². The average Bonchev–Trinajstić information content (AvgIpc) is 2.67. The monoisotopic (exact) mass is 331 g/mol. The first kappa shape index (κ1) is 16.7. The number of allylic oxidation sites excluding steroid dienone is 2. The third-order valence-corrected chi connectivity index (χ3v) is 8.76. The molecule has 24 heavy (non-hydrogen) atoms. The number of hydrogen-bond donors (Lipinski definition) is 0. The van der Waals surface area contributed by atoms with Gasteiger partial charge in [0.1, 0.15) is 0 Å². The van der Waals surface area contributed by atoms with Gasteiger partial charge in [0.25, 0.3) is 0 Å². The first-order valence-corrected chi connectivity index (χ1v) is 10.6. The smallest absolute Gasteiger partial charge is 0.0881 e. The molecule has 0 aliphatic carbocycles. The first-order valence-electron chi connectivity index (χ1n) is 8.48. The molecule has 0 nitrogen and oxygen atoms in total. The first-order chi connectivity index (χ1) is 11.8. The lowest BCUT2D eigenvalue weighted by Gasteiger charge is -2.27. The van der Waals surface area contributed by atoms with E-state index in [0.29, 0.717) is 0 Å². The van der Waals surface area contributed by atoms with Gasteiger partial charge in [0.15, 0.2) is 0 Å². The van der Waals surface area contributed by atoms with E-state index in [0.717, 1.165) is 12.3 Å².